The summed E-state index contributed by atoms with van der Waals surface area (Å²) < 4.78 is 27.6. The smallest absolute Gasteiger partial charge is 0.242 e. The van der Waals surface area contributed by atoms with Crippen LogP contribution in [-0.2, 0) is 10.0 Å². The molecule has 0 amide bonds. The molecule has 1 aliphatic carbocycles. The van der Waals surface area contributed by atoms with Crippen molar-refractivity contribution in [3.05, 3.63) is 18.5 Å². The van der Waals surface area contributed by atoms with Crippen molar-refractivity contribution in [2.75, 3.05) is 11.9 Å². The fraction of sp³-hybridized carbons (Fsp3) is 0.643. The Balaban J connectivity index is 2.10. The van der Waals surface area contributed by atoms with E-state index in [4.69, 9.17) is 0 Å². The van der Waals surface area contributed by atoms with Gasteiger partial charge in [-0.15, -0.1) is 0 Å². The fourth-order valence-electron chi connectivity index (χ4n) is 2.55. The maximum Gasteiger partial charge on any atom is 0.242 e. The lowest BCUT2D eigenvalue weighted by atomic mass is 10.1. The van der Waals surface area contributed by atoms with Crippen molar-refractivity contribution < 1.29 is 8.42 Å². The topological polar surface area (TPSA) is 71.1 Å². The molecule has 2 N–H and O–H groups in total. The molecule has 1 aromatic rings. The first-order valence-corrected chi connectivity index (χ1v) is 8.81. The number of hydrogen-bond donors (Lipinski definition) is 2. The SMILES string of the molecule is CCNc1cncc(S(=O)(=O)NC2CCCCCC2)c1. The van der Waals surface area contributed by atoms with E-state index in [1.165, 1.54) is 19.0 Å². The van der Waals surface area contributed by atoms with E-state index in [1.807, 2.05) is 6.92 Å². The molecule has 1 heterocycles. The largest absolute Gasteiger partial charge is 0.384 e. The van der Waals surface area contributed by atoms with Crippen LogP contribution in [0.1, 0.15) is 45.4 Å². The highest BCUT2D eigenvalue weighted by molar-refractivity contribution is 7.89. The quantitative estimate of drug-likeness (QED) is 0.819. The number of aromatic nitrogens is 1. The van der Waals surface area contributed by atoms with Gasteiger partial charge in [0, 0.05) is 18.8 Å². The highest BCUT2D eigenvalue weighted by Crippen LogP contribution is 2.20. The van der Waals surface area contributed by atoms with Crippen molar-refractivity contribution in [3.63, 3.8) is 0 Å². The van der Waals surface area contributed by atoms with Gasteiger partial charge in [-0.1, -0.05) is 25.7 Å². The molecule has 20 heavy (non-hydrogen) atoms. The van der Waals surface area contributed by atoms with Crippen LogP contribution in [0.25, 0.3) is 0 Å². The second-order valence-corrected chi connectivity index (χ2v) is 6.96. The molecule has 6 heteroatoms. The van der Waals surface area contributed by atoms with Crippen LogP contribution in [-0.4, -0.2) is 26.0 Å². The molecule has 0 saturated heterocycles. The minimum atomic E-state index is -3.47. The van der Waals surface area contributed by atoms with Gasteiger partial charge in [0.05, 0.1) is 11.9 Å². The zero-order valence-electron chi connectivity index (χ0n) is 11.9. The van der Waals surface area contributed by atoms with E-state index in [0.717, 1.165) is 37.9 Å². The molecule has 5 nitrogen and oxygen atoms in total. The molecule has 1 fully saturated rings. The molecule has 0 spiro atoms. The summed E-state index contributed by atoms with van der Waals surface area (Å²) in [5, 5.41) is 3.08. The molecule has 1 aromatic heterocycles. The molecule has 0 unspecified atom stereocenters. The lowest BCUT2D eigenvalue weighted by molar-refractivity contribution is 0.509. The van der Waals surface area contributed by atoms with E-state index in [0.29, 0.717) is 0 Å². The third-order valence-corrected chi connectivity index (χ3v) is 5.07. The first-order valence-electron chi connectivity index (χ1n) is 7.33. The highest BCUT2D eigenvalue weighted by Gasteiger charge is 2.21. The maximum absolute atomic E-state index is 12.4. The molecule has 1 saturated carbocycles. The van der Waals surface area contributed by atoms with Crippen LogP contribution in [0.3, 0.4) is 0 Å². The van der Waals surface area contributed by atoms with Crippen molar-refractivity contribution in [2.24, 2.45) is 0 Å². The zero-order valence-corrected chi connectivity index (χ0v) is 12.7. The second kappa shape index (κ2) is 7.04. The monoisotopic (exact) mass is 297 g/mol. The van der Waals surface area contributed by atoms with Gasteiger partial charge >= 0.3 is 0 Å². The molecule has 0 radical (unpaired) electrons. The van der Waals surface area contributed by atoms with Gasteiger partial charge in [-0.05, 0) is 25.8 Å². The molecule has 2 rings (SSSR count). The first-order chi connectivity index (χ1) is 9.62. The third-order valence-electron chi connectivity index (χ3n) is 3.58. The number of pyridine rings is 1. The van der Waals surface area contributed by atoms with E-state index < -0.39 is 10.0 Å². The van der Waals surface area contributed by atoms with Gasteiger partial charge in [0.2, 0.25) is 10.0 Å². The van der Waals surface area contributed by atoms with Gasteiger partial charge in [-0.3, -0.25) is 4.98 Å². The van der Waals surface area contributed by atoms with Gasteiger partial charge in [0.15, 0.2) is 0 Å². The molecule has 0 aromatic carbocycles. The van der Waals surface area contributed by atoms with Gasteiger partial charge in [0.25, 0.3) is 0 Å². The Morgan fingerprint density at radius 1 is 1.20 bits per heavy atom. The minimum absolute atomic E-state index is 0.0605. The Labute approximate surface area is 121 Å². The number of hydrogen-bond acceptors (Lipinski definition) is 4. The summed E-state index contributed by atoms with van der Waals surface area (Å²) in [4.78, 5) is 4.24. The molecule has 0 bridgehead atoms. The van der Waals surface area contributed by atoms with Gasteiger partial charge in [0.1, 0.15) is 4.90 Å². The Hall–Kier alpha value is -1.14. The van der Waals surface area contributed by atoms with Gasteiger partial charge < -0.3 is 5.32 Å². The molecule has 1 aliphatic rings. The van der Waals surface area contributed by atoms with E-state index in [1.54, 1.807) is 12.3 Å². The lowest BCUT2D eigenvalue weighted by Gasteiger charge is -2.16. The summed E-state index contributed by atoms with van der Waals surface area (Å²) in [6.07, 6.45) is 9.50. The number of rotatable bonds is 5. The Morgan fingerprint density at radius 3 is 2.55 bits per heavy atom. The predicted molar refractivity (Wildman–Crippen MR) is 80.2 cm³/mol. The van der Waals surface area contributed by atoms with Crippen molar-refractivity contribution >= 4 is 15.7 Å². The van der Waals surface area contributed by atoms with Crippen LogP contribution in [0, 0.1) is 0 Å². The van der Waals surface area contributed by atoms with Crippen LogP contribution in [0.15, 0.2) is 23.4 Å². The number of nitrogens with zero attached hydrogens (tertiary/aromatic N) is 1. The van der Waals surface area contributed by atoms with Crippen molar-refractivity contribution in [2.45, 2.75) is 56.4 Å². The third kappa shape index (κ3) is 4.18. The van der Waals surface area contributed by atoms with Crippen molar-refractivity contribution in [3.8, 4) is 0 Å². The van der Waals surface area contributed by atoms with Gasteiger partial charge in [-0.25, -0.2) is 13.1 Å². The zero-order chi connectivity index (χ0) is 14.4. The number of nitrogens with one attached hydrogen (secondary N) is 2. The molecular weight excluding hydrogens is 274 g/mol. The molecule has 112 valence electrons. The van der Waals surface area contributed by atoms with E-state index in [9.17, 15) is 8.42 Å². The molecular formula is C14H23N3O2S. The first kappa shape index (κ1) is 15.3. The van der Waals surface area contributed by atoms with Crippen LogP contribution in [0.5, 0.6) is 0 Å². The van der Waals surface area contributed by atoms with Gasteiger partial charge in [-0.2, -0.15) is 0 Å². The summed E-state index contributed by atoms with van der Waals surface area (Å²) in [7, 11) is -3.47. The van der Waals surface area contributed by atoms with E-state index in [-0.39, 0.29) is 10.9 Å². The summed E-state index contributed by atoms with van der Waals surface area (Å²) in [5.41, 5.74) is 0.733. The standard InChI is InChI=1S/C14H23N3O2S/c1-2-16-13-9-14(11-15-10-13)20(18,19)17-12-7-5-3-4-6-8-12/h9-12,16-17H,2-8H2,1H3. The maximum atomic E-state index is 12.4. The average molecular weight is 297 g/mol. The normalized spacial score (nSPS) is 17.6. The Morgan fingerprint density at radius 2 is 1.90 bits per heavy atom. The number of sulfonamides is 1. The Bertz CT molecular complexity index is 523. The highest BCUT2D eigenvalue weighted by atomic mass is 32.2. The summed E-state index contributed by atoms with van der Waals surface area (Å²) >= 11 is 0. The summed E-state index contributed by atoms with van der Waals surface area (Å²) in [6.45, 7) is 2.70. The lowest BCUT2D eigenvalue weighted by Crippen LogP contribution is -2.34. The average Bonchev–Trinajstić information content (AvgIpc) is 2.68. The Kier molecular flexibility index (Phi) is 5.37. The summed E-state index contributed by atoms with van der Waals surface area (Å²) in [6, 6.07) is 1.69. The summed E-state index contributed by atoms with van der Waals surface area (Å²) in [5.74, 6) is 0. The fourth-order valence-corrected chi connectivity index (χ4v) is 3.84. The van der Waals surface area contributed by atoms with E-state index >= 15 is 0 Å². The van der Waals surface area contributed by atoms with Crippen LogP contribution >= 0.6 is 0 Å². The van der Waals surface area contributed by atoms with E-state index in [2.05, 4.69) is 15.0 Å². The van der Waals surface area contributed by atoms with Crippen molar-refractivity contribution in [1.82, 2.24) is 9.71 Å². The minimum Gasteiger partial charge on any atom is -0.384 e. The predicted octanol–water partition coefficient (Wildman–Crippen LogP) is 2.51. The molecule has 0 aliphatic heterocycles. The van der Waals surface area contributed by atoms with Crippen LogP contribution in [0.2, 0.25) is 0 Å². The van der Waals surface area contributed by atoms with Crippen LogP contribution in [0.4, 0.5) is 5.69 Å². The number of anilines is 1. The second-order valence-electron chi connectivity index (χ2n) is 5.25. The molecule has 0 atom stereocenters. The van der Waals surface area contributed by atoms with Crippen LogP contribution < -0.4 is 10.0 Å². The van der Waals surface area contributed by atoms with Crippen molar-refractivity contribution in [1.29, 1.82) is 0 Å².